The van der Waals surface area contributed by atoms with Crippen LogP contribution in [0.5, 0.6) is 0 Å². The second-order valence-corrected chi connectivity index (χ2v) is 5.93. The summed E-state index contributed by atoms with van der Waals surface area (Å²) < 4.78 is 1.01. The molecule has 2 unspecified atom stereocenters. The van der Waals surface area contributed by atoms with E-state index in [-0.39, 0.29) is 12.5 Å². The number of aliphatic hydroxyl groups is 2. The van der Waals surface area contributed by atoms with E-state index in [0.29, 0.717) is 0 Å². The summed E-state index contributed by atoms with van der Waals surface area (Å²) in [5.41, 5.74) is 0.943. The van der Waals surface area contributed by atoms with Gasteiger partial charge in [0, 0.05) is 21.7 Å². The Balaban J connectivity index is 2.80. The van der Waals surface area contributed by atoms with Crippen molar-refractivity contribution in [3.05, 3.63) is 28.2 Å². The molecule has 16 heavy (non-hydrogen) atoms. The number of rotatable bonds is 5. The van der Waals surface area contributed by atoms with E-state index < -0.39 is 6.10 Å². The number of aliphatic hydroxyl groups excluding tert-OH is 2. The molecule has 0 heterocycles. The molecule has 0 saturated heterocycles. The molecule has 0 aromatic heterocycles. The molecule has 1 aromatic carbocycles. The van der Waals surface area contributed by atoms with Gasteiger partial charge in [0.15, 0.2) is 0 Å². The van der Waals surface area contributed by atoms with Crippen LogP contribution in [-0.2, 0) is 0 Å². The zero-order chi connectivity index (χ0) is 12.1. The van der Waals surface area contributed by atoms with Crippen LogP contribution in [0.3, 0.4) is 0 Å². The second-order valence-electron chi connectivity index (χ2n) is 3.96. The number of thioether (sulfide) groups is 1. The van der Waals surface area contributed by atoms with Crippen molar-refractivity contribution in [1.29, 1.82) is 0 Å². The number of hydrogen-bond acceptors (Lipinski definition) is 3. The van der Waals surface area contributed by atoms with Gasteiger partial charge in [-0.1, -0.05) is 28.9 Å². The Hall–Kier alpha value is -0.0300. The molecular weight excluding hydrogens is 288 g/mol. The predicted octanol–water partition coefficient (Wildman–Crippen LogP) is 3.22. The van der Waals surface area contributed by atoms with Crippen LogP contribution >= 0.6 is 27.7 Å². The molecule has 0 aliphatic heterocycles. The summed E-state index contributed by atoms with van der Waals surface area (Å²) in [7, 11) is 0. The van der Waals surface area contributed by atoms with Crippen molar-refractivity contribution < 1.29 is 10.2 Å². The van der Waals surface area contributed by atoms with E-state index in [9.17, 15) is 5.11 Å². The lowest BCUT2D eigenvalue weighted by Crippen LogP contribution is -2.04. The largest absolute Gasteiger partial charge is 0.396 e. The van der Waals surface area contributed by atoms with Crippen molar-refractivity contribution in [2.45, 2.75) is 24.8 Å². The van der Waals surface area contributed by atoms with Gasteiger partial charge < -0.3 is 10.2 Å². The van der Waals surface area contributed by atoms with Crippen molar-refractivity contribution in [3.63, 3.8) is 0 Å². The zero-order valence-corrected chi connectivity index (χ0v) is 11.9. The van der Waals surface area contributed by atoms with E-state index in [1.54, 1.807) is 18.7 Å². The summed E-state index contributed by atoms with van der Waals surface area (Å²) in [5, 5.41) is 18.6. The van der Waals surface area contributed by atoms with Crippen LogP contribution in [-0.4, -0.2) is 22.6 Å². The Morgan fingerprint density at radius 1 is 1.38 bits per heavy atom. The first-order valence-electron chi connectivity index (χ1n) is 5.25. The average Bonchev–Trinajstić information content (AvgIpc) is 2.25. The van der Waals surface area contributed by atoms with Crippen molar-refractivity contribution in [2.24, 2.45) is 5.92 Å². The minimum absolute atomic E-state index is 0.199. The molecule has 2 N–H and O–H groups in total. The fraction of sp³-hybridized carbons (Fsp3) is 0.500. The second kappa shape index (κ2) is 6.64. The molecule has 4 heteroatoms. The average molecular weight is 305 g/mol. The molecule has 2 atom stereocenters. The van der Waals surface area contributed by atoms with E-state index in [2.05, 4.69) is 15.9 Å². The molecule has 0 aliphatic carbocycles. The van der Waals surface area contributed by atoms with Crippen LogP contribution < -0.4 is 0 Å². The van der Waals surface area contributed by atoms with Gasteiger partial charge in [-0.05, 0) is 30.5 Å². The summed E-state index contributed by atoms with van der Waals surface area (Å²) in [6.45, 7) is 3.97. The van der Waals surface area contributed by atoms with Gasteiger partial charge in [0.2, 0.25) is 0 Å². The van der Waals surface area contributed by atoms with E-state index >= 15 is 0 Å². The summed E-state index contributed by atoms with van der Waals surface area (Å²) in [6.07, 6.45) is -0.458. The smallest absolute Gasteiger partial charge is 0.0772 e. The van der Waals surface area contributed by atoms with Crippen LogP contribution in [0.4, 0.5) is 0 Å². The highest BCUT2D eigenvalue weighted by atomic mass is 79.9. The zero-order valence-electron chi connectivity index (χ0n) is 9.48. The van der Waals surface area contributed by atoms with Crippen molar-refractivity contribution >= 4 is 27.7 Å². The fourth-order valence-electron chi connectivity index (χ4n) is 1.26. The van der Waals surface area contributed by atoms with Gasteiger partial charge >= 0.3 is 0 Å². The first-order chi connectivity index (χ1) is 7.54. The molecule has 1 aromatic rings. The maximum Gasteiger partial charge on any atom is 0.0772 e. The maximum absolute atomic E-state index is 9.64. The highest BCUT2D eigenvalue weighted by molar-refractivity contribution is 9.10. The molecule has 0 aliphatic rings. The van der Waals surface area contributed by atoms with Crippen molar-refractivity contribution in [2.75, 3.05) is 12.4 Å². The minimum atomic E-state index is -0.458. The Bertz CT molecular complexity index is 342. The third-order valence-electron chi connectivity index (χ3n) is 2.26. The molecule has 0 fully saturated rings. The van der Waals surface area contributed by atoms with Gasteiger partial charge in [-0.3, -0.25) is 0 Å². The van der Waals surface area contributed by atoms with Crippen molar-refractivity contribution in [3.8, 4) is 0 Å². The quantitative estimate of drug-likeness (QED) is 0.821. The molecule has 90 valence electrons. The van der Waals surface area contributed by atoms with Gasteiger partial charge in [0.1, 0.15) is 0 Å². The van der Waals surface area contributed by atoms with E-state index in [0.717, 1.165) is 20.7 Å². The molecule has 0 amide bonds. The summed E-state index contributed by atoms with van der Waals surface area (Å²) in [4.78, 5) is 1.07. The van der Waals surface area contributed by atoms with Gasteiger partial charge in [-0.2, -0.15) is 0 Å². The highest BCUT2D eigenvalue weighted by Crippen LogP contribution is 2.31. The third-order valence-corrected chi connectivity index (χ3v) is 4.15. The molecule has 0 saturated carbocycles. The van der Waals surface area contributed by atoms with Crippen LogP contribution in [0.25, 0.3) is 0 Å². The van der Waals surface area contributed by atoms with E-state index in [1.807, 2.05) is 25.1 Å². The molecule has 0 spiro atoms. The first-order valence-corrected chi connectivity index (χ1v) is 7.03. The fourth-order valence-corrected chi connectivity index (χ4v) is 2.96. The molecule has 2 nitrogen and oxygen atoms in total. The lowest BCUT2D eigenvalue weighted by Gasteiger charge is -2.13. The van der Waals surface area contributed by atoms with E-state index in [4.69, 9.17) is 5.11 Å². The topological polar surface area (TPSA) is 40.5 Å². The summed E-state index contributed by atoms with van der Waals surface area (Å²) >= 11 is 5.10. The standard InChI is InChI=1S/C12H17BrO2S/c1-8(6-14)7-16-12-5-10(13)3-4-11(12)9(2)15/h3-5,8-9,14-15H,6-7H2,1-2H3. The summed E-state index contributed by atoms with van der Waals surface area (Å²) in [6, 6.07) is 5.87. The highest BCUT2D eigenvalue weighted by Gasteiger charge is 2.10. The first kappa shape index (κ1) is 14.0. The lowest BCUT2D eigenvalue weighted by molar-refractivity contribution is 0.196. The van der Waals surface area contributed by atoms with Crippen molar-refractivity contribution in [1.82, 2.24) is 0 Å². The maximum atomic E-state index is 9.64. The van der Waals surface area contributed by atoms with Gasteiger partial charge in [0.05, 0.1) is 6.10 Å². The van der Waals surface area contributed by atoms with Gasteiger partial charge in [-0.25, -0.2) is 0 Å². The SMILES string of the molecule is CC(CO)CSc1cc(Br)ccc1C(C)O. The predicted molar refractivity (Wildman–Crippen MR) is 71.7 cm³/mol. The number of benzene rings is 1. The number of halogens is 1. The molecule has 0 radical (unpaired) electrons. The minimum Gasteiger partial charge on any atom is -0.396 e. The monoisotopic (exact) mass is 304 g/mol. The Labute approximate surface area is 109 Å². The normalized spacial score (nSPS) is 14.8. The summed E-state index contributed by atoms with van der Waals surface area (Å²) in [5.74, 6) is 1.12. The van der Waals surface area contributed by atoms with Crippen LogP contribution in [0.1, 0.15) is 25.5 Å². The molecule has 1 rings (SSSR count). The third kappa shape index (κ3) is 4.09. The van der Waals surface area contributed by atoms with Gasteiger partial charge in [0.25, 0.3) is 0 Å². The number of hydrogen-bond donors (Lipinski definition) is 2. The Kier molecular flexibility index (Phi) is 5.83. The Morgan fingerprint density at radius 3 is 2.62 bits per heavy atom. The lowest BCUT2D eigenvalue weighted by atomic mass is 10.1. The molecular formula is C12H17BrO2S. The van der Waals surface area contributed by atoms with Crippen LogP contribution in [0, 0.1) is 5.92 Å². The molecule has 0 bridgehead atoms. The Morgan fingerprint density at radius 2 is 2.06 bits per heavy atom. The van der Waals surface area contributed by atoms with Gasteiger partial charge in [-0.15, -0.1) is 11.8 Å². The van der Waals surface area contributed by atoms with E-state index in [1.165, 1.54) is 0 Å². The van der Waals surface area contributed by atoms with Crippen LogP contribution in [0.15, 0.2) is 27.6 Å². The van der Waals surface area contributed by atoms with Crippen LogP contribution in [0.2, 0.25) is 0 Å².